The molecule has 2 rings (SSSR count). The first kappa shape index (κ1) is 11.9. The molecule has 1 aromatic carbocycles. The number of carbonyl (C=O) groups excluding carboxylic acids is 1. The van der Waals surface area contributed by atoms with E-state index in [1.54, 1.807) is 6.08 Å². The number of isocyanates is 1. The summed E-state index contributed by atoms with van der Waals surface area (Å²) in [6.45, 7) is 6.09. The first-order valence-corrected chi connectivity index (χ1v) is 6.08. The Bertz CT molecular complexity index is 441. The van der Waals surface area contributed by atoms with Gasteiger partial charge in [-0.3, -0.25) is 0 Å². The van der Waals surface area contributed by atoms with Crippen molar-refractivity contribution in [3.05, 3.63) is 29.8 Å². The van der Waals surface area contributed by atoms with Crippen molar-refractivity contribution < 1.29 is 4.79 Å². The fourth-order valence-corrected chi connectivity index (χ4v) is 2.40. The van der Waals surface area contributed by atoms with Gasteiger partial charge in [-0.25, -0.2) is 4.79 Å². The van der Waals surface area contributed by atoms with Gasteiger partial charge in [-0.1, -0.05) is 18.2 Å². The third-order valence-electron chi connectivity index (χ3n) is 3.34. The highest BCUT2D eigenvalue weighted by molar-refractivity contribution is 5.57. The molecule has 3 nitrogen and oxygen atoms in total. The predicted octanol–water partition coefficient (Wildman–Crippen LogP) is 2.86. The van der Waals surface area contributed by atoms with Gasteiger partial charge in [0.2, 0.25) is 6.08 Å². The minimum Gasteiger partial charge on any atom is -0.371 e. The molecule has 90 valence electrons. The van der Waals surface area contributed by atoms with E-state index in [1.807, 2.05) is 26.0 Å². The fourth-order valence-electron chi connectivity index (χ4n) is 2.40. The van der Waals surface area contributed by atoms with Gasteiger partial charge in [0.1, 0.15) is 0 Å². The lowest BCUT2D eigenvalue weighted by atomic mass is 9.93. The average Bonchev–Trinajstić information content (AvgIpc) is 2.82. The molecule has 1 saturated heterocycles. The Labute approximate surface area is 102 Å². The van der Waals surface area contributed by atoms with Crippen molar-refractivity contribution in [2.45, 2.75) is 32.2 Å². The van der Waals surface area contributed by atoms with Crippen LogP contribution in [0.5, 0.6) is 0 Å². The van der Waals surface area contributed by atoms with E-state index in [0.717, 1.165) is 18.7 Å². The normalized spacial score (nSPS) is 15.8. The molecule has 0 amide bonds. The van der Waals surface area contributed by atoms with Crippen LogP contribution >= 0.6 is 0 Å². The van der Waals surface area contributed by atoms with E-state index in [4.69, 9.17) is 0 Å². The Kier molecular flexibility index (Phi) is 3.30. The lowest BCUT2D eigenvalue weighted by Gasteiger charge is -2.27. The first-order chi connectivity index (χ1) is 8.15. The van der Waals surface area contributed by atoms with Crippen LogP contribution in [0.25, 0.3) is 0 Å². The second-order valence-electron chi connectivity index (χ2n) is 4.97. The van der Waals surface area contributed by atoms with Crippen molar-refractivity contribution in [2.75, 3.05) is 18.0 Å². The molecule has 0 atom stereocenters. The van der Waals surface area contributed by atoms with Crippen LogP contribution in [-0.4, -0.2) is 19.2 Å². The third kappa shape index (κ3) is 2.40. The topological polar surface area (TPSA) is 32.7 Å². The largest absolute Gasteiger partial charge is 0.371 e. The van der Waals surface area contributed by atoms with E-state index >= 15 is 0 Å². The van der Waals surface area contributed by atoms with Crippen LogP contribution in [0.1, 0.15) is 32.3 Å². The molecule has 0 unspecified atom stereocenters. The van der Waals surface area contributed by atoms with E-state index in [2.05, 4.69) is 22.0 Å². The number of anilines is 1. The van der Waals surface area contributed by atoms with Gasteiger partial charge in [-0.2, -0.15) is 4.99 Å². The molecule has 0 aromatic heterocycles. The molecule has 3 heteroatoms. The number of aliphatic imine (C=N–C) groups is 1. The standard InChI is InChI=1S/C14H18N2O/c1-14(2,15-11-17)12-7-3-4-8-13(12)16-9-5-6-10-16/h3-4,7-8H,5-6,9-10H2,1-2H3. The second-order valence-corrected chi connectivity index (χ2v) is 4.97. The van der Waals surface area contributed by atoms with Crippen LogP contribution in [0, 0.1) is 0 Å². The monoisotopic (exact) mass is 230 g/mol. The van der Waals surface area contributed by atoms with Crippen molar-refractivity contribution in [3.63, 3.8) is 0 Å². The number of para-hydroxylation sites is 1. The van der Waals surface area contributed by atoms with E-state index < -0.39 is 5.54 Å². The van der Waals surface area contributed by atoms with Crippen LogP contribution in [-0.2, 0) is 10.3 Å². The molecule has 0 aliphatic carbocycles. The number of hydrogen-bond acceptors (Lipinski definition) is 3. The SMILES string of the molecule is CC(C)(N=C=O)c1ccccc1N1CCCC1. The third-order valence-corrected chi connectivity index (χ3v) is 3.34. The smallest absolute Gasteiger partial charge is 0.235 e. The molecule has 0 bridgehead atoms. The zero-order chi connectivity index (χ0) is 12.3. The van der Waals surface area contributed by atoms with Crippen LogP contribution in [0.4, 0.5) is 5.69 Å². The molecule has 17 heavy (non-hydrogen) atoms. The quantitative estimate of drug-likeness (QED) is 0.591. The summed E-state index contributed by atoms with van der Waals surface area (Å²) >= 11 is 0. The molecule has 0 saturated carbocycles. The highest BCUT2D eigenvalue weighted by Gasteiger charge is 2.25. The van der Waals surface area contributed by atoms with Gasteiger partial charge in [0, 0.05) is 24.3 Å². The van der Waals surface area contributed by atoms with Gasteiger partial charge in [-0.05, 0) is 32.8 Å². The van der Waals surface area contributed by atoms with E-state index in [1.165, 1.54) is 18.5 Å². The van der Waals surface area contributed by atoms with Crippen LogP contribution in [0.3, 0.4) is 0 Å². The number of benzene rings is 1. The number of hydrogen-bond donors (Lipinski definition) is 0. The van der Waals surface area contributed by atoms with Crippen molar-refractivity contribution in [1.29, 1.82) is 0 Å². The Hall–Kier alpha value is -1.60. The molecule has 0 radical (unpaired) electrons. The van der Waals surface area contributed by atoms with Gasteiger partial charge in [0.25, 0.3) is 0 Å². The van der Waals surface area contributed by atoms with Crippen LogP contribution in [0.15, 0.2) is 29.3 Å². The zero-order valence-electron chi connectivity index (χ0n) is 10.4. The molecular formula is C14H18N2O. The molecule has 1 heterocycles. The lowest BCUT2D eigenvalue weighted by molar-refractivity contribution is 0.522. The van der Waals surface area contributed by atoms with Crippen molar-refractivity contribution in [1.82, 2.24) is 0 Å². The molecule has 1 fully saturated rings. The summed E-state index contributed by atoms with van der Waals surface area (Å²) in [6.07, 6.45) is 4.16. The Morgan fingerprint density at radius 2 is 1.88 bits per heavy atom. The molecule has 1 aliphatic heterocycles. The van der Waals surface area contributed by atoms with E-state index in [9.17, 15) is 4.79 Å². The highest BCUT2D eigenvalue weighted by Crippen LogP contribution is 2.34. The molecule has 0 spiro atoms. The van der Waals surface area contributed by atoms with Crippen LogP contribution in [0.2, 0.25) is 0 Å². The first-order valence-electron chi connectivity index (χ1n) is 6.08. The zero-order valence-corrected chi connectivity index (χ0v) is 10.4. The molecule has 1 aliphatic rings. The van der Waals surface area contributed by atoms with Gasteiger partial charge >= 0.3 is 0 Å². The average molecular weight is 230 g/mol. The summed E-state index contributed by atoms with van der Waals surface area (Å²) in [5.74, 6) is 0. The predicted molar refractivity (Wildman–Crippen MR) is 69.0 cm³/mol. The van der Waals surface area contributed by atoms with Crippen LogP contribution < -0.4 is 4.90 Å². The molecule has 1 aromatic rings. The Morgan fingerprint density at radius 3 is 2.53 bits per heavy atom. The van der Waals surface area contributed by atoms with Crippen molar-refractivity contribution in [3.8, 4) is 0 Å². The van der Waals surface area contributed by atoms with Crippen molar-refractivity contribution >= 4 is 11.8 Å². The maximum atomic E-state index is 10.5. The van der Waals surface area contributed by atoms with Gasteiger partial charge in [-0.15, -0.1) is 0 Å². The maximum Gasteiger partial charge on any atom is 0.235 e. The van der Waals surface area contributed by atoms with Gasteiger partial charge in [0.05, 0.1) is 5.54 Å². The highest BCUT2D eigenvalue weighted by atomic mass is 16.1. The lowest BCUT2D eigenvalue weighted by Crippen LogP contribution is -2.24. The van der Waals surface area contributed by atoms with Crippen molar-refractivity contribution in [2.24, 2.45) is 4.99 Å². The minimum absolute atomic E-state index is 0.499. The summed E-state index contributed by atoms with van der Waals surface area (Å²) in [5.41, 5.74) is 1.81. The fraction of sp³-hybridized carbons (Fsp3) is 0.500. The summed E-state index contributed by atoms with van der Waals surface area (Å²) in [7, 11) is 0. The van der Waals surface area contributed by atoms with Gasteiger partial charge < -0.3 is 4.90 Å². The van der Waals surface area contributed by atoms with E-state index in [-0.39, 0.29) is 0 Å². The molecular weight excluding hydrogens is 212 g/mol. The molecule has 0 N–H and O–H groups in total. The Balaban J connectivity index is 2.42. The summed E-state index contributed by atoms with van der Waals surface area (Å²) in [6, 6.07) is 8.20. The number of rotatable bonds is 3. The van der Waals surface area contributed by atoms with Gasteiger partial charge in [0.15, 0.2) is 0 Å². The second kappa shape index (κ2) is 4.72. The summed E-state index contributed by atoms with van der Waals surface area (Å²) in [5, 5.41) is 0. The maximum absolute atomic E-state index is 10.5. The minimum atomic E-state index is -0.499. The summed E-state index contributed by atoms with van der Waals surface area (Å²) in [4.78, 5) is 16.8. The number of nitrogens with zero attached hydrogens (tertiary/aromatic N) is 2. The summed E-state index contributed by atoms with van der Waals surface area (Å²) < 4.78 is 0. The Morgan fingerprint density at radius 1 is 1.24 bits per heavy atom. The van der Waals surface area contributed by atoms with E-state index in [0.29, 0.717) is 0 Å².